The third-order valence-corrected chi connectivity index (χ3v) is 2.90. The van der Waals surface area contributed by atoms with E-state index in [0.717, 1.165) is 15.6 Å². The third kappa shape index (κ3) is 1.42. The van der Waals surface area contributed by atoms with Crippen molar-refractivity contribution in [1.29, 1.82) is 0 Å². The number of hydrogen-bond donors (Lipinski definition) is 1. The van der Waals surface area contributed by atoms with Crippen molar-refractivity contribution in [3.63, 3.8) is 0 Å². The summed E-state index contributed by atoms with van der Waals surface area (Å²) in [7, 11) is 0. The summed E-state index contributed by atoms with van der Waals surface area (Å²) in [5.74, 6) is 0.144. The number of halogens is 1. The molecule has 1 aliphatic carbocycles. The van der Waals surface area contributed by atoms with Crippen LogP contribution < -0.4 is 0 Å². The van der Waals surface area contributed by atoms with Gasteiger partial charge in [0.25, 0.3) is 0 Å². The van der Waals surface area contributed by atoms with Gasteiger partial charge in [0.05, 0.1) is 6.61 Å². The standard InChI is InChI=1S/C10H9BrO2/c11-7-1-2-8-6(5-12)3-10(13)9(8)4-7/h1-2,4,6,12H,3,5H2. The van der Waals surface area contributed by atoms with Crippen molar-refractivity contribution in [1.82, 2.24) is 0 Å². The quantitative estimate of drug-likeness (QED) is 0.817. The summed E-state index contributed by atoms with van der Waals surface area (Å²) < 4.78 is 0.915. The van der Waals surface area contributed by atoms with Gasteiger partial charge in [-0.1, -0.05) is 22.0 Å². The van der Waals surface area contributed by atoms with Crippen LogP contribution in [0.4, 0.5) is 0 Å². The molecule has 0 radical (unpaired) electrons. The number of carbonyl (C=O) groups is 1. The molecular formula is C10H9BrO2. The second-order valence-corrected chi connectivity index (χ2v) is 4.15. The number of rotatable bonds is 1. The van der Waals surface area contributed by atoms with E-state index in [2.05, 4.69) is 15.9 Å². The van der Waals surface area contributed by atoms with Crippen molar-refractivity contribution < 1.29 is 9.90 Å². The fourth-order valence-corrected chi connectivity index (χ4v) is 2.09. The number of hydrogen-bond acceptors (Lipinski definition) is 2. The van der Waals surface area contributed by atoms with Crippen molar-refractivity contribution >= 4 is 21.7 Å². The van der Waals surface area contributed by atoms with Gasteiger partial charge in [-0.05, 0) is 17.7 Å². The van der Waals surface area contributed by atoms with Crippen LogP contribution in [-0.2, 0) is 0 Å². The maximum absolute atomic E-state index is 11.5. The largest absolute Gasteiger partial charge is 0.396 e. The van der Waals surface area contributed by atoms with Gasteiger partial charge in [0, 0.05) is 22.4 Å². The Morgan fingerprint density at radius 1 is 1.54 bits per heavy atom. The minimum absolute atomic E-state index is 0.00981. The third-order valence-electron chi connectivity index (χ3n) is 2.41. The Balaban J connectivity index is 2.52. The molecule has 0 fully saturated rings. The van der Waals surface area contributed by atoms with Crippen LogP contribution in [0.15, 0.2) is 22.7 Å². The lowest BCUT2D eigenvalue weighted by Crippen LogP contribution is -1.98. The normalized spacial score (nSPS) is 20.5. The average Bonchev–Trinajstić information content (AvgIpc) is 2.43. The topological polar surface area (TPSA) is 37.3 Å². The SMILES string of the molecule is O=C1CC(CO)c2ccc(Br)cc21. The van der Waals surface area contributed by atoms with Crippen LogP contribution in [0.3, 0.4) is 0 Å². The Labute approximate surface area is 84.7 Å². The minimum atomic E-state index is 0.00981. The molecule has 0 aromatic heterocycles. The van der Waals surface area contributed by atoms with E-state index in [0.29, 0.717) is 6.42 Å². The molecule has 1 aromatic rings. The van der Waals surface area contributed by atoms with Gasteiger partial charge in [-0.25, -0.2) is 0 Å². The molecule has 1 aliphatic rings. The van der Waals surface area contributed by atoms with Gasteiger partial charge in [0.2, 0.25) is 0 Å². The first-order valence-electron chi connectivity index (χ1n) is 4.16. The van der Waals surface area contributed by atoms with E-state index in [1.165, 1.54) is 0 Å². The molecule has 2 nitrogen and oxygen atoms in total. The zero-order chi connectivity index (χ0) is 9.42. The molecule has 13 heavy (non-hydrogen) atoms. The number of aliphatic hydroxyl groups excluding tert-OH is 1. The predicted octanol–water partition coefficient (Wildman–Crippen LogP) is 2.11. The summed E-state index contributed by atoms with van der Waals surface area (Å²) in [6.07, 6.45) is 0.447. The molecule has 0 heterocycles. The molecule has 1 unspecified atom stereocenters. The molecule has 0 saturated carbocycles. The number of benzene rings is 1. The highest BCUT2D eigenvalue weighted by atomic mass is 79.9. The van der Waals surface area contributed by atoms with E-state index >= 15 is 0 Å². The Hall–Kier alpha value is -0.670. The van der Waals surface area contributed by atoms with Crippen LogP contribution in [0.2, 0.25) is 0 Å². The van der Waals surface area contributed by atoms with Crippen LogP contribution in [0.1, 0.15) is 28.3 Å². The van der Waals surface area contributed by atoms with Gasteiger partial charge in [0.1, 0.15) is 0 Å². The van der Waals surface area contributed by atoms with Crippen LogP contribution in [-0.4, -0.2) is 17.5 Å². The number of carbonyl (C=O) groups excluding carboxylic acids is 1. The van der Waals surface area contributed by atoms with E-state index in [-0.39, 0.29) is 18.3 Å². The van der Waals surface area contributed by atoms with Crippen molar-refractivity contribution in [2.75, 3.05) is 6.61 Å². The molecule has 1 N–H and O–H groups in total. The highest BCUT2D eigenvalue weighted by Gasteiger charge is 2.28. The molecule has 68 valence electrons. The van der Waals surface area contributed by atoms with Crippen LogP contribution in [0, 0.1) is 0 Å². The first-order chi connectivity index (χ1) is 6.22. The lowest BCUT2D eigenvalue weighted by molar-refractivity contribution is 0.0980. The van der Waals surface area contributed by atoms with Gasteiger partial charge in [0.15, 0.2) is 5.78 Å². The van der Waals surface area contributed by atoms with Gasteiger partial charge in [-0.2, -0.15) is 0 Å². The van der Waals surface area contributed by atoms with Crippen molar-refractivity contribution in [2.24, 2.45) is 0 Å². The van der Waals surface area contributed by atoms with Gasteiger partial charge >= 0.3 is 0 Å². The summed E-state index contributed by atoms with van der Waals surface area (Å²) in [6.45, 7) is 0.0559. The molecule has 0 spiro atoms. The minimum Gasteiger partial charge on any atom is -0.396 e. The zero-order valence-electron chi connectivity index (χ0n) is 6.96. The van der Waals surface area contributed by atoms with Gasteiger partial charge in [-0.15, -0.1) is 0 Å². The lowest BCUT2D eigenvalue weighted by atomic mass is 10.0. The summed E-state index contributed by atoms with van der Waals surface area (Å²) in [4.78, 5) is 11.5. The number of aliphatic hydroxyl groups is 1. The maximum atomic E-state index is 11.5. The van der Waals surface area contributed by atoms with Crippen LogP contribution >= 0.6 is 15.9 Å². The molecule has 3 heteroatoms. The summed E-state index contributed by atoms with van der Waals surface area (Å²) in [6, 6.07) is 5.64. The Morgan fingerprint density at radius 2 is 2.31 bits per heavy atom. The monoisotopic (exact) mass is 240 g/mol. The number of fused-ring (bicyclic) bond motifs is 1. The van der Waals surface area contributed by atoms with E-state index in [9.17, 15) is 4.79 Å². The molecule has 0 aliphatic heterocycles. The van der Waals surface area contributed by atoms with E-state index < -0.39 is 0 Å². The smallest absolute Gasteiger partial charge is 0.163 e. The molecule has 0 amide bonds. The number of Topliss-reactive ketones (excluding diaryl/α,β-unsaturated/α-hetero) is 1. The molecule has 0 saturated heterocycles. The molecule has 1 atom stereocenters. The second kappa shape index (κ2) is 3.24. The fraction of sp³-hybridized carbons (Fsp3) is 0.300. The highest BCUT2D eigenvalue weighted by Crippen LogP contribution is 2.33. The Morgan fingerprint density at radius 3 is 3.00 bits per heavy atom. The first-order valence-corrected chi connectivity index (χ1v) is 4.95. The van der Waals surface area contributed by atoms with Gasteiger partial charge in [-0.3, -0.25) is 4.79 Å². The molecule has 0 bridgehead atoms. The Bertz CT molecular complexity index is 360. The molecule has 2 rings (SSSR count). The highest BCUT2D eigenvalue weighted by molar-refractivity contribution is 9.10. The van der Waals surface area contributed by atoms with Crippen molar-refractivity contribution in [3.05, 3.63) is 33.8 Å². The lowest BCUT2D eigenvalue weighted by Gasteiger charge is -2.05. The summed E-state index contributed by atoms with van der Waals surface area (Å²) in [5, 5.41) is 9.04. The Kier molecular flexibility index (Phi) is 2.22. The van der Waals surface area contributed by atoms with Crippen LogP contribution in [0.5, 0.6) is 0 Å². The number of ketones is 1. The molecule has 1 aromatic carbocycles. The van der Waals surface area contributed by atoms with Crippen LogP contribution in [0.25, 0.3) is 0 Å². The fourth-order valence-electron chi connectivity index (χ4n) is 1.73. The average molecular weight is 241 g/mol. The second-order valence-electron chi connectivity index (χ2n) is 3.24. The van der Waals surface area contributed by atoms with E-state index in [4.69, 9.17) is 5.11 Å². The summed E-state index contributed by atoms with van der Waals surface area (Å²) >= 11 is 3.32. The van der Waals surface area contributed by atoms with Gasteiger partial charge < -0.3 is 5.11 Å². The van der Waals surface area contributed by atoms with E-state index in [1.807, 2.05) is 18.2 Å². The maximum Gasteiger partial charge on any atom is 0.163 e. The summed E-state index contributed by atoms with van der Waals surface area (Å²) in [5.41, 5.74) is 1.74. The van der Waals surface area contributed by atoms with Crippen molar-refractivity contribution in [2.45, 2.75) is 12.3 Å². The van der Waals surface area contributed by atoms with E-state index in [1.54, 1.807) is 0 Å². The first kappa shape index (κ1) is 8.91. The zero-order valence-corrected chi connectivity index (χ0v) is 8.54. The molecular weight excluding hydrogens is 232 g/mol. The van der Waals surface area contributed by atoms with Crippen molar-refractivity contribution in [3.8, 4) is 0 Å². The predicted molar refractivity (Wildman–Crippen MR) is 52.9 cm³/mol.